The molecule has 0 spiro atoms. The minimum atomic E-state index is 0.700. The number of anilines is 1. The van der Waals surface area contributed by atoms with E-state index in [1.54, 1.807) is 6.20 Å². The lowest BCUT2D eigenvalue weighted by atomic mass is 10.2. The number of nitrogens with zero attached hydrogens (tertiary/aromatic N) is 5. The number of pyridine rings is 1. The van der Waals surface area contributed by atoms with Gasteiger partial charge < -0.3 is 10.2 Å². The third-order valence-corrected chi connectivity index (χ3v) is 5.27. The predicted octanol–water partition coefficient (Wildman–Crippen LogP) is 3.98. The van der Waals surface area contributed by atoms with Crippen LogP contribution in [0.3, 0.4) is 0 Å². The molecule has 0 amide bonds. The van der Waals surface area contributed by atoms with Crippen molar-refractivity contribution in [2.75, 3.05) is 31.1 Å². The summed E-state index contributed by atoms with van der Waals surface area (Å²) in [7, 11) is 0. The van der Waals surface area contributed by atoms with Crippen LogP contribution < -0.4 is 10.2 Å². The first-order valence-electron chi connectivity index (χ1n) is 9.57. The molecule has 4 rings (SSSR count). The highest BCUT2D eigenvalue weighted by Gasteiger charge is 2.17. The van der Waals surface area contributed by atoms with Gasteiger partial charge in [-0.3, -0.25) is 9.56 Å². The maximum atomic E-state index is 6.09. The number of hydrogen-bond acceptors (Lipinski definition) is 5. The fraction of sp³-hybridized carbons (Fsp3) is 0.227. The first-order valence-corrected chi connectivity index (χ1v) is 9.95. The number of imidazole rings is 1. The molecule has 148 valence electrons. The van der Waals surface area contributed by atoms with Crippen LogP contribution in [-0.4, -0.2) is 47.4 Å². The van der Waals surface area contributed by atoms with Gasteiger partial charge in [-0.2, -0.15) is 0 Å². The maximum Gasteiger partial charge on any atom is 0.147 e. The summed E-state index contributed by atoms with van der Waals surface area (Å²) in [5, 5.41) is 4.07. The van der Waals surface area contributed by atoms with Crippen molar-refractivity contribution in [1.82, 2.24) is 19.9 Å². The lowest BCUT2D eigenvalue weighted by Gasteiger charge is -2.28. The molecule has 1 aromatic carbocycles. The van der Waals surface area contributed by atoms with Crippen molar-refractivity contribution in [2.45, 2.75) is 6.92 Å². The Bertz CT molecular complexity index is 1010. The third-order valence-electron chi connectivity index (χ3n) is 5.01. The Kier molecular flexibility index (Phi) is 5.74. The smallest absolute Gasteiger partial charge is 0.147 e. The standard InChI is InChI=1S/C22H23ClN6/c1-16-20(9-10-24-2)27-22(29(16)19-6-4-18(23)5-7-19)17-3-8-21(26-15-17)28-13-11-25-12-14-28/h3-10,15,25H,2,11-14H2,1H3/b10-9-. The van der Waals surface area contributed by atoms with Crippen LogP contribution in [0.4, 0.5) is 5.82 Å². The van der Waals surface area contributed by atoms with Crippen molar-refractivity contribution < 1.29 is 0 Å². The molecule has 1 N–H and O–H groups in total. The second-order valence-corrected chi connectivity index (χ2v) is 7.29. The summed E-state index contributed by atoms with van der Waals surface area (Å²) in [5.41, 5.74) is 3.79. The molecule has 29 heavy (non-hydrogen) atoms. The van der Waals surface area contributed by atoms with Crippen molar-refractivity contribution in [3.8, 4) is 17.1 Å². The van der Waals surface area contributed by atoms with Crippen LogP contribution in [0.1, 0.15) is 11.4 Å². The Labute approximate surface area is 175 Å². The number of aromatic nitrogens is 3. The number of halogens is 1. The van der Waals surface area contributed by atoms with Crippen LogP contribution in [0.25, 0.3) is 23.2 Å². The number of rotatable bonds is 5. The molecule has 0 unspecified atom stereocenters. The van der Waals surface area contributed by atoms with E-state index in [1.165, 1.54) is 0 Å². The summed E-state index contributed by atoms with van der Waals surface area (Å²) in [6.07, 6.45) is 5.41. The molecule has 7 heteroatoms. The summed E-state index contributed by atoms with van der Waals surface area (Å²) in [5.74, 6) is 1.82. The minimum absolute atomic E-state index is 0.700. The molecule has 1 saturated heterocycles. The fourth-order valence-corrected chi connectivity index (χ4v) is 3.62. The van der Waals surface area contributed by atoms with E-state index in [1.807, 2.05) is 43.5 Å². The predicted molar refractivity (Wildman–Crippen MR) is 120 cm³/mol. The first-order chi connectivity index (χ1) is 14.2. The number of piperazine rings is 1. The molecule has 0 saturated carbocycles. The normalized spacial score (nSPS) is 14.5. The largest absolute Gasteiger partial charge is 0.354 e. The molecule has 3 heterocycles. The molecule has 2 aromatic heterocycles. The van der Waals surface area contributed by atoms with Gasteiger partial charge in [0.2, 0.25) is 0 Å². The van der Waals surface area contributed by atoms with Crippen molar-refractivity contribution in [2.24, 2.45) is 4.99 Å². The Balaban J connectivity index is 1.76. The fourth-order valence-electron chi connectivity index (χ4n) is 3.50. The van der Waals surface area contributed by atoms with E-state index in [4.69, 9.17) is 21.6 Å². The molecular formula is C22H23ClN6. The Hall–Kier alpha value is -2.96. The van der Waals surface area contributed by atoms with Crippen molar-refractivity contribution in [3.05, 3.63) is 65.2 Å². The summed E-state index contributed by atoms with van der Waals surface area (Å²) >= 11 is 6.09. The second-order valence-electron chi connectivity index (χ2n) is 6.86. The van der Waals surface area contributed by atoms with Gasteiger partial charge in [0, 0.05) is 60.5 Å². The molecule has 1 fully saturated rings. The maximum absolute atomic E-state index is 6.09. The zero-order valence-corrected chi connectivity index (χ0v) is 17.1. The van der Waals surface area contributed by atoms with E-state index in [2.05, 4.69) is 38.6 Å². The lowest BCUT2D eigenvalue weighted by Crippen LogP contribution is -2.43. The second kappa shape index (κ2) is 8.59. The van der Waals surface area contributed by atoms with Crippen LogP contribution in [0.5, 0.6) is 0 Å². The van der Waals surface area contributed by atoms with Gasteiger partial charge in [-0.15, -0.1) is 0 Å². The van der Waals surface area contributed by atoms with Gasteiger partial charge in [-0.05, 0) is 56.1 Å². The summed E-state index contributed by atoms with van der Waals surface area (Å²) in [6.45, 7) is 9.45. The highest BCUT2D eigenvalue weighted by Crippen LogP contribution is 2.28. The Morgan fingerprint density at radius 2 is 1.90 bits per heavy atom. The van der Waals surface area contributed by atoms with Crippen molar-refractivity contribution >= 4 is 30.2 Å². The highest BCUT2D eigenvalue weighted by atomic mass is 35.5. The summed E-state index contributed by atoms with van der Waals surface area (Å²) < 4.78 is 2.11. The Morgan fingerprint density at radius 3 is 2.55 bits per heavy atom. The number of hydrogen-bond donors (Lipinski definition) is 1. The van der Waals surface area contributed by atoms with Crippen LogP contribution in [0, 0.1) is 6.92 Å². The van der Waals surface area contributed by atoms with Crippen LogP contribution in [-0.2, 0) is 0 Å². The van der Waals surface area contributed by atoms with Crippen molar-refractivity contribution in [1.29, 1.82) is 0 Å². The molecule has 0 radical (unpaired) electrons. The van der Waals surface area contributed by atoms with Crippen LogP contribution in [0.2, 0.25) is 5.02 Å². The van der Waals surface area contributed by atoms with E-state index >= 15 is 0 Å². The van der Waals surface area contributed by atoms with Gasteiger partial charge in [0.15, 0.2) is 0 Å². The first kappa shape index (κ1) is 19.4. The van der Waals surface area contributed by atoms with E-state index < -0.39 is 0 Å². The highest BCUT2D eigenvalue weighted by molar-refractivity contribution is 6.30. The Morgan fingerprint density at radius 1 is 1.14 bits per heavy atom. The van der Waals surface area contributed by atoms with E-state index in [9.17, 15) is 0 Å². The SMILES string of the molecule is C=N/C=C\c1nc(-c2ccc(N3CCNCC3)nc2)n(-c2ccc(Cl)cc2)c1C. The summed E-state index contributed by atoms with van der Waals surface area (Å²) in [6, 6.07) is 11.9. The van der Waals surface area contributed by atoms with Gasteiger partial charge in [0.05, 0.1) is 5.69 Å². The molecule has 1 aliphatic rings. The quantitative estimate of drug-likeness (QED) is 0.651. The van der Waals surface area contributed by atoms with Gasteiger partial charge in [0.1, 0.15) is 11.6 Å². The molecule has 6 nitrogen and oxygen atoms in total. The van der Waals surface area contributed by atoms with E-state index in [0.717, 1.165) is 60.5 Å². The molecule has 0 bridgehead atoms. The molecule has 0 aliphatic carbocycles. The van der Waals surface area contributed by atoms with Crippen LogP contribution in [0.15, 0.2) is 53.8 Å². The molecule has 0 atom stereocenters. The zero-order valence-electron chi connectivity index (χ0n) is 16.3. The molecule has 1 aliphatic heterocycles. The van der Waals surface area contributed by atoms with Gasteiger partial charge in [-0.1, -0.05) is 11.6 Å². The van der Waals surface area contributed by atoms with Gasteiger partial charge in [0.25, 0.3) is 0 Å². The number of nitrogens with one attached hydrogen (secondary N) is 1. The lowest BCUT2D eigenvalue weighted by molar-refractivity contribution is 0.585. The van der Waals surface area contributed by atoms with Gasteiger partial charge >= 0.3 is 0 Å². The molecule has 3 aromatic rings. The third kappa shape index (κ3) is 4.09. The summed E-state index contributed by atoms with van der Waals surface area (Å²) in [4.78, 5) is 15.7. The van der Waals surface area contributed by atoms with E-state index in [0.29, 0.717) is 5.02 Å². The minimum Gasteiger partial charge on any atom is -0.354 e. The van der Waals surface area contributed by atoms with Gasteiger partial charge in [-0.25, -0.2) is 9.97 Å². The zero-order chi connectivity index (χ0) is 20.2. The number of aliphatic imine (C=N–C) groups is 1. The number of benzene rings is 1. The molecular weight excluding hydrogens is 384 g/mol. The van der Waals surface area contributed by atoms with Crippen molar-refractivity contribution in [3.63, 3.8) is 0 Å². The average Bonchev–Trinajstić information content (AvgIpc) is 3.10. The average molecular weight is 407 g/mol. The van der Waals surface area contributed by atoms with Crippen LogP contribution >= 0.6 is 11.6 Å². The van der Waals surface area contributed by atoms with E-state index in [-0.39, 0.29) is 0 Å². The monoisotopic (exact) mass is 406 g/mol. The topological polar surface area (TPSA) is 58.3 Å².